The first-order valence-corrected chi connectivity index (χ1v) is 8.23. The van der Waals surface area contributed by atoms with Gasteiger partial charge in [0.25, 0.3) is 5.69 Å². The number of nitrogens with zero attached hydrogens (tertiary/aromatic N) is 2. The van der Waals surface area contributed by atoms with Crippen molar-refractivity contribution in [2.45, 2.75) is 6.92 Å². The lowest BCUT2D eigenvalue weighted by Gasteiger charge is -2.02. The molecule has 0 aliphatic carbocycles. The first-order chi connectivity index (χ1) is 13.0. The second-order valence-electron chi connectivity index (χ2n) is 5.55. The number of cyclic esters (lactones) is 1. The monoisotopic (exact) mass is 364 g/mol. The summed E-state index contributed by atoms with van der Waals surface area (Å²) in [6.45, 7) is 2.49. The molecule has 0 fully saturated rings. The summed E-state index contributed by atoms with van der Waals surface area (Å²) >= 11 is 0. The SMILES string of the molecule is CCOc1ccc(/C=C2N=C(/C=C/c3ccc([N+](=O)[O-])cc3)OC\2=O)cc1. The highest BCUT2D eigenvalue weighted by Crippen LogP contribution is 2.19. The van der Waals surface area contributed by atoms with E-state index in [0.717, 1.165) is 16.9 Å². The highest BCUT2D eigenvalue weighted by Gasteiger charge is 2.21. The zero-order valence-electron chi connectivity index (χ0n) is 14.5. The quantitative estimate of drug-likeness (QED) is 0.334. The lowest BCUT2D eigenvalue weighted by atomic mass is 10.2. The Hall–Kier alpha value is -3.74. The number of esters is 1. The number of ether oxygens (including phenoxy) is 2. The zero-order chi connectivity index (χ0) is 19.2. The minimum Gasteiger partial charge on any atom is -0.494 e. The van der Waals surface area contributed by atoms with Crippen LogP contribution >= 0.6 is 0 Å². The minimum atomic E-state index is -0.535. The molecule has 7 nitrogen and oxygen atoms in total. The van der Waals surface area contributed by atoms with Crippen LogP contribution in [-0.4, -0.2) is 23.4 Å². The van der Waals surface area contributed by atoms with Gasteiger partial charge in [-0.3, -0.25) is 10.1 Å². The Labute approximate surface area is 155 Å². The van der Waals surface area contributed by atoms with E-state index in [0.29, 0.717) is 6.61 Å². The van der Waals surface area contributed by atoms with E-state index in [1.54, 1.807) is 24.3 Å². The summed E-state index contributed by atoms with van der Waals surface area (Å²) in [6, 6.07) is 13.3. The third-order valence-electron chi connectivity index (χ3n) is 3.65. The van der Waals surface area contributed by atoms with E-state index in [4.69, 9.17) is 9.47 Å². The third kappa shape index (κ3) is 4.66. The van der Waals surface area contributed by atoms with Crippen LogP contribution in [0.5, 0.6) is 5.75 Å². The molecular weight excluding hydrogens is 348 g/mol. The molecular formula is C20H16N2O5. The van der Waals surface area contributed by atoms with E-state index in [1.807, 2.05) is 31.2 Å². The van der Waals surface area contributed by atoms with Crippen LogP contribution < -0.4 is 4.74 Å². The molecule has 1 heterocycles. The minimum absolute atomic E-state index is 0.0114. The maximum Gasteiger partial charge on any atom is 0.363 e. The van der Waals surface area contributed by atoms with Crippen molar-refractivity contribution in [1.29, 1.82) is 0 Å². The van der Waals surface area contributed by atoms with Crippen molar-refractivity contribution in [3.05, 3.63) is 81.5 Å². The first kappa shape index (κ1) is 18.1. The fourth-order valence-corrected chi connectivity index (χ4v) is 2.36. The van der Waals surface area contributed by atoms with Crippen LogP contribution in [0.2, 0.25) is 0 Å². The van der Waals surface area contributed by atoms with Crippen LogP contribution in [0.4, 0.5) is 5.69 Å². The Bertz CT molecular complexity index is 941. The topological polar surface area (TPSA) is 91.0 Å². The Kier molecular flexibility index (Phi) is 5.41. The van der Waals surface area contributed by atoms with Gasteiger partial charge in [0.15, 0.2) is 5.70 Å². The van der Waals surface area contributed by atoms with E-state index in [2.05, 4.69) is 4.99 Å². The number of hydrogen-bond donors (Lipinski definition) is 0. The predicted octanol–water partition coefficient (Wildman–Crippen LogP) is 4.00. The summed E-state index contributed by atoms with van der Waals surface area (Å²) in [5, 5.41) is 10.7. The summed E-state index contributed by atoms with van der Waals surface area (Å²) in [7, 11) is 0. The number of aliphatic imine (C=N–C) groups is 1. The van der Waals surface area contributed by atoms with Crippen molar-refractivity contribution in [1.82, 2.24) is 0 Å². The summed E-state index contributed by atoms with van der Waals surface area (Å²) in [6.07, 6.45) is 4.83. The first-order valence-electron chi connectivity index (χ1n) is 8.23. The molecule has 0 bridgehead atoms. The maximum atomic E-state index is 12.0. The molecule has 7 heteroatoms. The van der Waals surface area contributed by atoms with E-state index in [-0.39, 0.29) is 17.3 Å². The molecule has 3 rings (SSSR count). The van der Waals surface area contributed by atoms with E-state index < -0.39 is 10.9 Å². The third-order valence-corrected chi connectivity index (χ3v) is 3.65. The lowest BCUT2D eigenvalue weighted by molar-refractivity contribution is -0.384. The van der Waals surface area contributed by atoms with Gasteiger partial charge >= 0.3 is 5.97 Å². The number of carbonyl (C=O) groups is 1. The number of nitro benzene ring substituents is 1. The summed E-state index contributed by atoms with van der Waals surface area (Å²) in [5.41, 5.74) is 1.73. The molecule has 0 unspecified atom stereocenters. The van der Waals surface area contributed by atoms with Crippen LogP contribution in [0.15, 0.2) is 65.3 Å². The molecule has 1 aliphatic rings. The number of hydrogen-bond acceptors (Lipinski definition) is 6. The normalized spacial score (nSPS) is 15.1. The standard InChI is InChI=1S/C20H16N2O5/c1-2-26-17-10-5-15(6-11-17)13-18-20(23)27-19(21-18)12-7-14-3-8-16(9-4-14)22(24)25/h3-13H,2H2,1H3/b12-7+,18-13-. The van der Waals surface area contributed by atoms with Gasteiger partial charge in [0, 0.05) is 18.2 Å². The summed E-state index contributed by atoms with van der Waals surface area (Å²) in [5.74, 6) is 0.381. The molecule has 2 aromatic rings. The lowest BCUT2D eigenvalue weighted by Crippen LogP contribution is -2.01. The molecule has 0 saturated carbocycles. The average molecular weight is 364 g/mol. The predicted molar refractivity (Wildman–Crippen MR) is 101 cm³/mol. The Morgan fingerprint density at radius 3 is 2.37 bits per heavy atom. The number of nitro groups is 1. The van der Waals surface area contributed by atoms with Crippen LogP contribution in [0.3, 0.4) is 0 Å². The van der Waals surface area contributed by atoms with Gasteiger partial charge in [-0.2, -0.15) is 0 Å². The second-order valence-corrected chi connectivity index (χ2v) is 5.55. The highest BCUT2D eigenvalue weighted by molar-refractivity contribution is 6.11. The Balaban J connectivity index is 1.72. The molecule has 0 aromatic heterocycles. The number of carbonyl (C=O) groups excluding carboxylic acids is 1. The molecule has 0 spiro atoms. The molecule has 0 radical (unpaired) electrons. The molecule has 0 saturated heterocycles. The Morgan fingerprint density at radius 1 is 1.07 bits per heavy atom. The van der Waals surface area contributed by atoms with Crippen molar-refractivity contribution in [2.24, 2.45) is 4.99 Å². The average Bonchev–Trinajstić information content (AvgIpc) is 3.01. The second kappa shape index (κ2) is 8.09. The zero-order valence-corrected chi connectivity index (χ0v) is 14.5. The molecule has 0 atom stereocenters. The van der Waals surface area contributed by atoms with Crippen LogP contribution in [0.25, 0.3) is 12.2 Å². The van der Waals surface area contributed by atoms with Gasteiger partial charge in [0.2, 0.25) is 5.90 Å². The van der Waals surface area contributed by atoms with E-state index in [1.165, 1.54) is 18.2 Å². The molecule has 2 aromatic carbocycles. The highest BCUT2D eigenvalue weighted by atomic mass is 16.6. The van der Waals surface area contributed by atoms with Crippen LogP contribution in [-0.2, 0) is 9.53 Å². The Morgan fingerprint density at radius 2 is 1.74 bits per heavy atom. The van der Waals surface area contributed by atoms with Gasteiger partial charge in [-0.15, -0.1) is 0 Å². The van der Waals surface area contributed by atoms with Gasteiger partial charge in [0.1, 0.15) is 5.75 Å². The van der Waals surface area contributed by atoms with Crippen molar-refractivity contribution >= 4 is 29.7 Å². The van der Waals surface area contributed by atoms with Crippen molar-refractivity contribution in [3.63, 3.8) is 0 Å². The van der Waals surface area contributed by atoms with Gasteiger partial charge in [-0.1, -0.05) is 12.1 Å². The molecule has 0 amide bonds. The fraction of sp³-hybridized carbons (Fsp3) is 0.100. The molecule has 1 aliphatic heterocycles. The van der Waals surface area contributed by atoms with E-state index >= 15 is 0 Å². The van der Waals surface area contributed by atoms with Crippen molar-refractivity contribution in [3.8, 4) is 5.75 Å². The van der Waals surface area contributed by atoms with Crippen molar-refractivity contribution in [2.75, 3.05) is 6.61 Å². The number of benzene rings is 2. The van der Waals surface area contributed by atoms with Crippen molar-refractivity contribution < 1.29 is 19.2 Å². The maximum absolute atomic E-state index is 12.0. The van der Waals surface area contributed by atoms with E-state index in [9.17, 15) is 14.9 Å². The smallest absolute Gasteiger partial charge is 0.363 e. The van der Waals surface area contributed by atoms with Crippen LogP contribution in [0.1, 0.15) is 18.1 Å². The van der Waals surface area contributed by atoms with Gasteiger partial charge in [-0.25, -0.2) is 9.79 Å². The van der Waals surface area contributed by atoms with Gasteiger partial charge in [-0.05, 0) is 54.5 Å². The van der Waals surface area contributed by atoms with Gasteiger partial charge < -0.3 is 9.47 Å². The molecule has 27 heavy (non-hydrogen) atoms. The largest absolute Gasteiger partial charge is 0.494 e. The molecule has 0 N–H and O–H groups in total. The van der Waals surface area contributed by atoms with Crippen LogP contribution in [0, 0.1) is 10.1 Å². The number of non-ortho nitro benzene ring substituents is 1. The summed E-state index contributed by atoms with van der Waals surface area (Å²) in [4.78, 5) is 26.3. The fourth-order valence-electron chi connectivity index (χ4n) is 2.36. The summed E-state index contributed by atoms with van der Waals surface area (Å²) < 4.78 is 10.5. The molecule has 136 valence electrons. The number of rotatable bonds is 6. The van der Waals surface area contributed by atoms with Gasteiger partial charge in [0.05, 0.1) is 11.5 Å².